The quantitative estimate of drug-likeness (QED) is 0.858. The monoisotopic (exact) mass is 282 g/mol. The van der Waals surface area contributed by atoms with E-state index in [1.165, 1.54) is 0 Å². The van der Waals surface area contributed by atoms with E-state index in [0.29, 0.717) is 6.54 Å². The number of hydrogen-bond acceptors (Lipinski definition) is 3. The fourth-order valence-electron chi connectivity index (χ4n) is 2.25. The lowest BCUT2D eigenvalue weighted by atomic mass is 9.85. The summed E-state index contributed by atoms with van der Waals surface area (Å²) in [5, 5.41) is 3.30. The fourth-order valence-corrected chi connectivity index (χ4v) is 2.25. The second-order valence-electron chi connectivity index (χ2n) is 6.20. The molecule has 1 aliphatic heterocycles. The lowest BCUT2D eigenvalue weighted by molar-refractivity contribution is -0.207. The fraction of sp³-hybridized carbons (Fsp3) is 1.00. The summed E-state index contributed by atoms with van der Waals surface area (Å²) in [7, 11) is 0. The number of hydrogen-bond donors (Lipinski definition) is 1. The Balaban J connectivity index is 2.58. The Hall–Kier alpha value is -0.330. The predicted octanol–water partition coefficient (Wildman–Crippen LogP) is 2.62. The Morgan fingerprint density at radius 2 is 1.89 bits per heavy atom. The number of piperazine rings is 1. The first-order chi connectivity index (χ1) is 8.63. The molecular weight excluding hydrogens is 257 g/mol. The van der Waals surface area contributed by atoms with Gasteiger partial charge in [0, 0.05) is 25.7 Å². The summed E-state index contributed by atoms with van der Waals surface area (Å²) in [6.45, 7) is 9.16. The molecule has 1 saturated heterocycles. The maximum absolute atomic E-state index is 12.2. The Morgan fingerprint density at radius 1 is 1.26 bits per heavy atom. The molecule has 2 unspecified atom stereocenters. The predicted molar refractivity (Wildman–Crippen MR) is 68.9 cm³/mol. The van der Waals surface area contributed by atoms with E-state index in [-0.39, 0.29) is 11.5 Å². The molecule has 1 N–H and O–H groups in total. The molecule has 19 heavy (non-hydrogen) atoms. The van der Waals surface area contributed by atoms with E-state index in [9.17, 15) is 13.2 Å². The number of nitrogens with one attached hydrogen (secondary N) is 1. The van der Waals surface area contributed by atoms with Crippen molar-refractivity contribution >= 4 is 0 Å². The Morgan fingerprint density at radius 3 is 2.37 bits per heavy atom. The van der Waals surface area contributed by atoms with E-state index in [2.05, 4.69) is 26.1 Å². The van der Waals surface area contributed by atoms with E-state index in [0.717, 1.165) is 19.5 Å². The minimum atomic E-state index is -4.27. The Labute approximate surface area is 113 Å². The van der Waals surface area contributed by atoms with Gasteiger partial charge in [-0.25, -0.2) is 0 Å². The summed E-state index contributed by atoms with van der Waals surface area (Å²) in [6, 6.07) is 0.268. The van der Waals surface area contributed by atoms with Gasteiger partial charge in [-0.3, -0.25) is 4.90 Å². The molecule has 1 fully saturated rings. The van der Waals surface area contributed by atoms with Gasteiger partial charge in [0.25, 0.3) is 0 Å². The van der Waals surface area contributed by atoms with Crippen LogP contribution in [-0.2, 0) is 4.74 Å². The third kappa shape index (κ3) is 5.67. The van der Waals surface area contributed by atoms with Crippen molar-refractivity contribution in [2.24, 2.45) is 5.41 Å². The number of ether oxygens (including phenoxy) is 1. The van der Waals surface area contributed by atoms with Crippen LogP contribution < -0.4 is 5.32 Å². The lowest BCUT2D eigenvalue weighted by Crippen LogP contribution is -2.61. The Bertz CT molecular complexity index is 276. The van der Waals surface area contributed by atoms with Crippen LogP contribution in [0.5, 0.6) is 0 Å². The molecule has 0 radical (unpaired) electrons. The summed E-state index contributed by atoms with van der Waals surface area (Å²) in [5.41, 5.74) is 0.0843. The maximum Gasteiger partial charge on any atom is 0.411 e. The lowest BCUT2D eigenvalue weighted by Gasteiger charge is -2.44. The third-order valence-electron chi connectivity index (χ3n) is 3.36. The van der Waals surface area contributed by atoms with E-state index in [1.807, 2.05) is 11.8 Å². The summed E-state index contributed by atoms with van der Waals surface area (Å²) in [6.07, 6.45) is -3.85. The van der Waals surface area contributed by atoms with E-state index in [4.69, 9.17) is 4.74 Å². The van der Waals surface area contributed by atoms with Crippen LogP contribution in [0.4, 0.5) is 13.2 Å². The van der Waals surface area contributed by atoms with Crippen LogP contribution in [0.25, 0.3) is 0 Å². The van der Waals surface area contributed by atoms with Crippen molar-refractivity contribution in [2.75, 3.05) is 26.2 Å². The molecule has 1 rings (SSSR count). The van der Waals surface area contributed by atoms with Crippen LogP contribution in [-0.4, -0.2) is 49.6 Å². The minimum absolute atomic E-state index is 0.0843. The van der Waals surface area contributed by atoms with E-state index >= 15 is 0 Å². The van der Waals surface area contributed by atoms with Crippen molar-refractivity contribution in [3.8, 4) is 0 Å². The normalized spacial score (nSPS) is 26.7. The molecule has 1 heterocycles. The van der Waals surface area contributed by atoms with Gasteiger partial charge < -0.3 is 10.1 Å². The van der Waals surface area contributed by atoms with Gasteiger partial charge >= 0.3 is 6.18 Å². The molecule has 114 valence electrons. The average molecular weight is 282 g/mol. The van der Waals surface area contributed by atoms with Crippen molar-refractivity contribution in [1.82, 2.24) is 10.2 Å². The van der Waals surface area contributed by atoms with Crippen LogP contribution in [0.3, 0.4) is 0 Å². The minimum Gasteiger partial charge on any atom is -0.352 e. The van der Waals surface area contributed by atoms with Gasteiger partial charge in [-0.15, -0.1) is 0 Å². The van der Waals surface area contributed by atoms with Gasteiger partial charge in [0.15, 0.2) is 0 Å². The molecule has 0 aliphatic carbocycles. The van der Waals surface area contributed by atoms with Crippen LogP contribution >= 0.6 is 0 Å². The second-order valence-corrected chi connectivity index (χ2v) is 6.20. The molecule has 2 atom stereocenters. The van der Waals surface area contributed by atoms with Gasteiger partial charge in [-0.2, -0.15) is 13.2 Å². The van der Waals surface area contributed by atoms with Crippen LogP contribution in [0.1, 0.15) is 34.1 Å². The molecule has 0 aromatic rings. The zero-order valence-electron chi connectivity index (χ0n) is 12.2. The number of nitrogens with zero attached hydrogens (tertiary/aromatic N) is 1. The van der Waals surface area contributed by atoms with Gasteiger partial charge in [-0.1, -0.05) is 27.7 Å². The molecule has 6 heteroatoms. The molecule has 3 nitrogen and oxygen atoms in total. The number of alkyl halides is 3. The SMILES string of the molecule is CCCN1CC(C(C)(C)C)NCC1OCC(F)(F)F. The maximum atomic E-state index is 12.2. The van der Waals surface area contributed by atoms with Crippen LogP contribution in [0.2, 0.25) is 0 Å². The molecule has 0 aromatic carbocycles. The first-order valence-electron chi connectivity index (χ1n) is 6.79. The molecule has 0 aromatic heterocycles. The molecule has 0 amide bonds. The van der Waals surface area contributed by atoms with Crippen molar-refractivity contribution < 1.29 is 17.9 Å². The van der Waals surface area contributed by atoms with Crippen LogP contribution in [0.15, 0.2) is 0 Å². The van der Waals surface area contributed by atoms with Gasteiger partial charge in [0.1, 0.15) is 12.8 Å². The smallest absolute Gasteiger partial charge is 0.352 e. The van der Waals surface area contributed by atoms with Crippen molar-refractivity contribution in [2.45, 2.75) is 52.6 Å². The summed E-state index contributed by atoms with van der Waals surface area (Å²) in [4.78, 5) is 2.01. The third-order valence-corrected chi connectivity index (χ3v) is 3.36. The molecule has 0 spiro atoms. The van der Waals surface area contributed by atoms with Crippen LogP contribution in [0, 0.1) is 5.41 Å². The zero-order valence-corrected chi connectivity index (χ0v) is 12.2. The summed E-state index contributed by atoms with van der Waals surface area (Å²) in [5.74, 6) is 0. The molecule has 0 bridgehead atoms. The molecular formula is C13H25F3N2O. The highest BCUT2D eigenvalue weighted by atomic mass is 19.4. The zero-order chi connectivity index (χ0) is 14.7. The van der Waals surface area contributed by atoms with E-state index in [1.54, 1.807) is 0 Å². The van der Waals surface area contributed by atoms with Gasteiger partial charge in [0.2, 0.25) is 0 Å². The van der Waals surface area contributed by atoms with Crippen molar-refractivity contribution in [3.63, 3.8) is 0 Å². The standard InChI is InChI=1S/C13H25F3N2O/c1-5-6-18-8-10(12(2,3)4)17-7-11(18)19-9-13(14,15)16/h10-11,17H,5-9H2,1-4H3. The second kappa shape index (κ2) is 6.41. The van der Waals surface area contributed by atoms with Crippen molar-refractivity contribution in [1.29, 1.82) is 0 Å². The summed E-state index contributed by atoms with van der Waals surface area (Å²) >= 11 is 0. The number of rotatable bonds is 4. The number of halogens is 3. The van der Waals surface area contributed by atoms with Gasteiger partial charge in [0.05, 0.1) is 0 Å². The van der Waals surface area contributed by atoms with E-state index < -0.39 is 19.0 Å². The molecule has 1 aliphatic rings. The first-order valence-corrected chi connectivity index (χ1v) is 6.79. The average Bonchev–Trinajstić information content (AvgIpc) is 2.25. The first kappa shape index (κ1) is 16.7. The highest BCUT2D eigenvalue weighted by molar-refractivity contribution is 4.89. The Kier molecular flexibility index (Phi) is 5.65. The molecule has 0 saturated carbocycles. The largest absolute Gasteiger partial charge is 0.411 e. The van der Waals surface area contributed by atoms with Gasteiger partial charge in [-0.05, 0) is 11.8 Å². The van der Waals surface area contributed by atoms with Crippen molar-refractivity contribution in [3.05, 3.63) is 0 Å². The topological polar surface area (TPSA) is 24.5 Å². The highest BCUT2D eigenvalue weighted by Crippen LogP contribution is 2.25. The highest BCUT2D eigenvalue weighted by Gasteiger charge is 2.36. The summed E-state index contributed by atoms with van der Waals surface area (Å²) < 4.78 is 41.7.